The van der Waals surface area contributed by atoms with Gasteiger partial charge in [-0.05, 0) is 75.2 Å². The molecular weight excluding hydrogens is 394 g/mol. The molecule has 7 heteroatoms. The molecule has 0 radical (unpaired) electrons. The minimum absolute atomic E-state index is 0.00364. The number of benzene rings is 1. The lowest BCUT2D eigenvalue weighted by Crippen LogP contribution is -2.51. The molecule has 2 amide bonds. The zero-order valence-corrected chi connectivity index (χ0v) is 18.6. The van der Waals surface area contributed by atoms with E-state index < -0.39 is 6.04 Å². The summed E-state index contributed by atoms with van der Waals surface area (Å²) >= 11 is 0. The van der Waals surface area contributed by atoms with Gasteiger partial charge in [-0.3, -0.25) is 14.5 Å². The number of hydrogen-bond donors (Lipinski definition) is 2. The molecule has 2 N–H and O–H groups in total. The number of furan rings is 1. The smallest absolute Gasteiger partial charge is 0.251 e. The second-order valence-electron chi connectivity index (χ2n) is 8.17. The van der Waals surface area contributed by atoms with Crippen molar-refractivity contribution >= 4 is 11.8 Å². The minimum atomic E-state index is -0.630. The van der Waals surface area contributed by atoms with Gasteiger partial charge in [-0.1, -0.05) is 13.8 Å². The zero-order valence-electron chi connectivity index (χ0n) is 18.6. The predicted molar refractivity (Wildman–Crippen MR) is 119 cm³/mol. The van der Waals surface area contributed by atoms with E-state index in [0.29, 0.717) is 24.5 Å². The molecule has 7 nitrogen and oxygen atoms in total. The van der Waals surface area contributed by atoms with Crippen molar-refractivity contribution < 1.29 is 18.7 Å². The van der Waals surface area contributed by atoms with Gasteiger partial charge in [0.2, 0.25) is 5.91 Å². The average Bonchev–Trinajstić information content (AvgIpc) is 3.47. The van der Waals surface area contributed by atoms with Gasteiger partial charge < -0.3 is 19.8 Å². The monoisotopic (exact) mass is 427 g/mol. The van der Waals surface area contributed by atoms with Crippen LogP contribution in [0.3, 0.4) is 0 Å². The van der Waals surface area contributed by atoms with Gasteiger partial charge in [-0.15, -0.1) is 0 Å². The fourth-order valence-electron chi connectivity index (χ4n) is 3.88. The summed E-state index contributed by atoms with van der Waals surface area (Å²) in [6.07, 6.45) is 3.96. The summed E-state index contributed by atoms with van der Waals surface area (Å²) in [5.41, 5.74) is 0.493. The molecule has 2 aromatic rings. The molecule has 0 saturated carbocycles. The third-order valence-electron chi connectivity index (χ3n) is 5.59. The molecule has 0 bridgehead atoms. The molecule has 1 aromatic carbocycles. The van der Waals surface area contributed by atoms with Crippen LogP contribution in [0, 0.1) is 5.92 Å². The van der Waals surface area contributed by atoms with E-state index in [9.17, 15) is 9.59 Å². The number of carbonyl (C=O) groups excluding carboxylic acids is 2. The highest BCUT2D eigenvalue weighted by atomic mass is 16.5. The summed E-state index contributed by atoms with van der Waals surface area (Å²) < 4.78 is 11.0. The number of carbonyl (C=O) groups is 2. The van der Waals surface area contributed by atoms with Gasteiger partial charge in [-0.25, -0.2) is 0 Å². The number of amides is 2. The van der Waals surface area contributed by atoms with Crippen LogP contribution in [-0.2, 0) is 4.79 Å². The number of hydrogen-bond acceptors (Lipinski definition) is 5. The van der Waals surface area contributed by atoms with Gasteiger partial charge in [-0.2, -0.15) is 0 Å². The Bertz CT molecular complexity index is 827. The molecular formula is C24H33N3O4. The van der Waals surface area contributed by atoms with Crippen molar-refractivity contribution in [1.82, 2.24) is 15.5 Å². The Kier molecular flexibility index (Phi) is 8.12. The van der Waals surface area contributed by atoms with E-state index in [2.05, 4.69) is 15.5 Å². The first-order chi connectivity index (χ1) is 15.0. The summed E-state index contributed by atoms with van der Waals surface area (Å²) in [6.45, 7) is 8.74. The third-order valence-corrected chi connectivity index (χ3v) is 5.59. The van der Waals surface area contributed by atoms with Crippen molar-refractivity contribution in [2.24, 2.45) is 5.92 Å². The van der Waals surface area contributed by atoms with Crippen LogP contribution in [0.4, 0.5) is 0 Å². The Morgan fingerprint density at radius 2 is 1.84 bits per heavy atom. The number of likely N-dealkylation sites (tertiary alicyclic amines) is 1. The number of rotatable bonds is 10. The SMILES string of the molecule is CCOc1ccc(C(=O)N[C@H](C(=O)NC[C@H](c2ccco2)N2CCCC2)C(C)C)cc1. The Morgan fingerprint density at radius 3 is 2.42 bits per heavy atom. The quantitative estimate of drug-likeness (QED) is 0.607. The number of nitrogens with one attached hydrogen (secondary N) is 2. The van der Waals surface area contributed by atoms with Gasteiger partial charge in [0.1, 0.15) is 17.6 Å². The summed E-state index contributed by atoms with van der Waals surface area (Å²) in [4.78, 5) is 28.0. The topological polar surface area (TPSA) is 83.8 Å². The molecule has 1 aromatic heterocycles. The van der Waals surface area contributed by atoms with Gasteiger partial charge in [0, 0.05) is 12.1 Å². The zero-order chi connectivity index (χ0) is 22.2. The van der Waals surface area contributed by atoms with E-state index in [1.54, 1.807) is 30.5 Å². The first-order valence-electron chi connectivity index (χ1n) is 11.1. The van der Waals surface area contributed by atoms with Crippen LogP contribution in [0.15, 0.2) is 47.1 Å². The molecule has 168 valence electrons. The molecule has 2 atom stereocenters. The first kappa shape index (κ1) is 22.9. The van der Waals surface area contributed by atoms with Crippen molar-refractivity contribution in [3.05, 3.63) is 54.0 Å². The molecule has 1 aliphatic rings. The Hall–Kier alpha value is -2.80. The summed E-state index contributed by atoms with van der Waals surface area (Å²) in [7, 11) is 0. The van der Waals surface area contributed by atoms with Gasteiger partial charge in [0.15, 0.2) is 0 Å². The van der Waals surface area contributed by atoms with E-state index in [1.807, 2.05) is 32.9 Å². The van der Waals surface area contributed by atoms with E-state index in [-0.39, 0.29) is 23.8 Å². The molecule has 1 aliphatic heterocycles. The Morgan fingerprint density at radius 1 is 1.13 bits per heavy atom. The Labute approximate surface area is 184 Å². The van der Waals surface area contributed by atoms with Crippen LogP contribution in [0.25, 0.3) is 0 Å². The fourth-order valence-corrected chi connectivity index (χ4v) is 3.88. The van der Waals surface area contributed by atoms with E-state index in [4.69, 9.17) is 9.15 Å². The number of ether oxygens (including phenoxy) is 1. The van der Waals surface area contributed by atoms with Crippen molar-refractivity contribution in [2.45, 2.75) is 45.7 Å². The molecule has 0 spiro atoms. The number of nitrogens with zero attached hydrogens (tertiary/aromatic N) is 1. The van der Waals surface area contributed by atoms with E-state index in [1.165, 1.54) is 0 Å². The molecule has 2 heterocycles. The van der Waals surface area contributed by atoms with Crippen LogP contribution < -0.4 is 15.4 Å². The second kappa shape index (κ2) is 11.0. The molecule has 31 heavy (non-hydrogen) atoms. The van der Waals surface area contributed by atoms with Crippen LogP contribution in [-0.4, -0.2) is 49.0 Å². The normalized spacial score (nSPS) is 16.1. The minimum Gasteiger partial charge on any atom is -0.494 e. The van der Waals surface area contributed by atoms with Gasteiger partial charge in [0.05, 0.1) is 18.9 Å². The maximum Gasteiger partial charge on any atom is 0.251 e. The Balaban J connectivity index is 1.62. The highest BCUT2D eigenvalue weighted by molar-refractivity contribution is 5.97. The third kappa shape index (κ3) is 6.10. The van der Waals surface area contributed by atoms with Crippen molar-refractivity contribution in [3.8, 4) is 5.75 Å². The molecule has 3 rings (SSSR count). The first-order valence-corrected chi connectivity index (χ1v) is 11.1. The summed E-state index contributed by atoms with van der Waals surface area (Å²) in [6, 6.07) is 10.1. The van der Waals surface area contributed by atoms with Gasteiger partial charge >= 0.3 is 0 Å². The summed E-state index contributed by atoms with van der Waals surface area (Å²) in [5, 5.41) is 5.92. The van der Waals surface area contributed by atoms with Crippen LogP contribution in [0.1, 0.15) is 55.8 Å². The highest BCUT2D eigenvalue weighted by Gasteiger charge is 2.29. The maximum atomic E-state index is 13.0. The average molecular weight is 428 g/mol. The van der Waals surface area contributed by atoms with Crippen molar-refractivity contribution in [1.29, 1.82) is 0 Å². The van der Waals surface area contributed by atoms with Crippen molar-refractivity contribution in [2.75, 3.05) is 26.2 Å². The van der Waals surface area contributed by atoms with Crippen LogP contribution >= 0.6 is 0 Å². The summed E-state index contributed by atoms with van der Waals surface area (Å²) in [5.74, 6) is 1.04. The molecule has 0 unspecified atom stereocenters. The molecule has 0 aliphatic carbocycles. The van der Waals surface area contributed by atoms with Crippen LogP contribution in [0.5, 0.6) is 5.75 Å². The lowest BCUT2D eigenvalue weighted by atomic mass is 10.0. The largest absolute Gasteiger partial charge is 0.494 e. The lowest BCUT2D eigenvalue weighted by molar-refractivity contribution is -0.124. The van der Waals surface area contributed by atoms with Crippen LogP contribution in [0.2, 0.25) is 0 Å². The molecule has 1 saturated heterocycles. The fraction of sp³-hybridized carbons (Fsp3) is 0.500. The standard InChI is InChI=1S/C24H33N3O4/c1-4-30-19-11-9-18(10-12-19)23(28)26-22(17(2)3)24(29)25-16-20(21-8-7-15-31-21)27-13-5-6-14-27/h7-12,15,17,20,22H,4-6,13-14,16H2,1-3H3,(H,25,29)(H,26,28)/t20-,22+/m1/s1. The van der Waals surface area contributed by atoms with Crippen molar-refractivity contribution in [3.63, 3.8) is 0 Å². The lowest BCUT2D eigenvalue weighted by Gasteiger charge is -2.28. The van der Waals surface area contributed by atoms with E-state index in [0.717, 1.165) is 31.7 Å². The molecule has 1 fully saturated rings. The van der Waals surface area contributed by atoms with Gasteiger partial charge in [0.25, 0.3) is 5.91 Å². The maximum absolute atomic E-state index is 13.0. The second-order valence-corrected chi connectivity index (χ2v) is 8.17. The van der Waals surface area contributed by atoms with E-state index >= 15 is 0 Å². The predicted octanol–water partition coefficient (Wildman–Crippen LogP) is 3.39. The highest BCUT2D eigenvalue weighted by Crippen LogP contribution is 2.25.